The summed E-state index contributed by atoms with van der Waals surface area (Å²) in [5, 5.41) is 40.9. The Morgan fingerprint density at radius 3 is 0.309 bits per heavy atom. The molecule has 0 rings (SSSR count). The van der Waals surface area contributed by atoms with Gasteiger partial charge >= 0.3 is 17.6 Å². The van der Waals surface area contributed by atoms with Gasteiger partial charge in [0, 0.05) is 23.9 Å². The first-order valence-electron chi connectivity index (χ1n) is 35.9. The van der Waals surface area contributed by atoms with Gasteiger partial charge in [0.2, 0.25) is 0 Å². The molecule has 0 aromatic heterocycles. The van der Waals surface area contributed by atoms with Gasteiger partial charge in [0.1, 0.15) is 0 Å². The van der Waals surface area contributed by atoms with Crippen LogP contribution >= 0.6 is 0 Å². The number of unbranched alkanes of at least 4 members (excludes halogenated alkanes) is 56. The fourth-order valence-electron chi connectivity index (χ4n) is 10.6. The molecule has 0 atom stereocenters. The first-order chi connectivity index (χ1) is 39.1. The Kier molecular flexibility index (Phi) is 92.4. The summed E-state index contributed by atoms with van der Waals surface area (Å²) >= 11 is 0. The Bertz CT molecular complexity index is 990. The summed E-state index contributed by atoms with van der Waals surface area (Å²) in [6.45, 7) is 9.07. The molecule has 0 aromatic carbocycles. The predicted molar refractivity (Wildman–Crippen MR) is 344 cm³/mol. The Morgan fingerprint density at radius 1 is 0.160 bits per heavy atom. The second-order valence-electron chi connectivity index (χ2n) is 24.3. The fourth-order valence-corrected chi connectivity index (χ4v) is 10.6. The van der Waals surface area contributed by atoms with Crippen LogP contribution < -0.4 is 20.4 Å². The van der Waals surface area contributed by atoms with Gasteiger partial charge in [-0.2, -0.15) is 0 Å². The van der Waals surface area contributed by atoms with Crippen molar-refractivity contribution in [2.75, 3.05) is 0 Å². The van der Waals surface area contributed by atoms with E-state index in [1.54, 1.807) is 0 Å². The summed E-state index contributed by atoms with van der Waals surface area (Å²) in [5.74, 6) is -3.61. The summed E-state index contributed by atoms with van der Waals surface area (Å²) in [7, 11) is 0. The summed E-state index contributed by atoms with van der Waals surface area (Å²) in [4.78, 5) is 40.9. The molecule has 0 aliphatic heterocycles. The summed E-state index contributed by atoms with van der Waals surface area (Å²) < 4.78 is 0. The summed E-state index contributed by atoms with van der Waals surface area (Å²) in [6.07, 6.45) is 79.4. The van der Waals surface area contributed by atoms with Crippen LogP contribution in [0.3, 0.4) is 0 Å². The topological polar surface area (TPSA) is 161 Å². The normalized spacial score (nSPS) is 10.7. The van der Waals surface area contributed by atoms with Gasteiger partial charge in [0.25, 0.3) is 0 Å². The molecule has 0 aromatic rings. The molecular formula is C72H140GeO8. The smallest absolute Gasteiger partial charge is 0.550 e. The number of hydrogen-bond donors (Lipinski definition) is 0. The van der Waals surface area contributed by atoms with Crippen LogP contribution in [0.2, 0.25) is 0 Å². The standard InChI is InChI=1S/4C18H36O2.Ge/c4*1-2-3-4-5-6-7-8-9-10-11-12-13-14-15-16-17-18(19)20;/h4*2-17H2,1H3,(H,19,20);/q;;;;+4/p-4. The van der Waals surface area contributed by atoms with Crippen LogP contribution in [0, 0.1) is 0 Å². The van der Waals surface area contributed by atoms with Crippen molar-refractivity contribution >= 4 is 41.5 Å². The van der Waals surface area contributed by atoms with E-state index in [0.717, 1.165) is 51.4 Å². The van der Waals surface area contributed by atoms with E-state index in [0.29, 0.717) is 0 Å². The third-order valence-electron chi connectivity index (χ3n) is 15.9. The Hall–Kier alpha value is -1.58. The molecule has 0 aliphatic rings. The molecule has 0 spiro atoms. The minimum atomic E-state index is -0.903. The van der Waals surface area contributed by atoms with Crippen molar-refractivity contribution in [3.63, 3.8) is 0 Å². The molecule has 0 aliphatic carbocycles. The zero-order valence-electron chi connectivity index (χ0n) is 55.0. The van der Waals surface area contributed by atoms with Crippen LogP contribution in [-0.2, 0) is 19.2 Å². The van der Waals surface area contributed by atoms with Crippen molar-refractivity contribution in [3.8, 4) is 0 Å². The molecule has 81 heavy (non-hydrogen) atoms. The van der Waals surface area contributed by atoms with Crippen molar-refractivity contribution in [1.82, 2.24) is 0 Å². The number of aliphatic carboxylic acids is 4. The number of carbonyl (C=O) groups is 4. The first-order valence-corrected chi connectivity index (χ1v) is 35.9. The molecule has 0 heterocycles. The number of carbonyl (C=O) groups excluding carboxylic acids is 4. The summed E-state index contributed by atoms with van der Waals surface area (Å²) in [5.41, 5.74) is 0. The van der Waals surface area contributed by atoms with Crippen LogP contribution in [0.25, 0.3) is 0 Å². The minimum absolute atomic E-state index is 0. The number of carboxylic acid groups (broad SMARTS) is 4. The number of carboxylic acids is 4. The van der Waals surface area contributed by atoms with E-state index >= 15 is 0 Å². The molecule has 0 saturated heterocycles. The molecule has 480 valence electrons. The van der Waals surface area contributed by atoms with Gasteiger partial charge in [0.05, 0.1) is 0 Å². The number of rotatable bonds is 64. The van der Waals surface area contributed by atoms with Gasteiger partial charge in [-0.25, -0.2) is 0 Å². The van der Waals surface area contributed by atoms with Crippen LogP contribution in [-0.4, -0.2) is 41.5 Å². The second kappa shape index (κ2) is 84.9. The van der Waals surface area contributed by atoms with Gasteiger partial charge < -0.3 is 39.6 Å². The maximum absolute atomic E-state index is 10.2. The van der Waals surface area contributed by atoms with Gasteiger partial charge in [-0.15, -0.1) is 0 Å². The molecular weight excluding hydrogens is 1070 g/mol. The van der Waals surface area contributed by atoms with Gasteiger partial charge in [0.15, 0.2) is 0 Å². The molecule has 9 heteroatoms. The summed E-state index contributed by atoms with van der Waals surface area (Å²) in [6, 6.07) is 0. The quantitative estimate of drug-likeness (QED) is 0.0430. The largest absolute Gasteiger partial charge is 4.00 e. The van der Waals surface area contributed by atoms with E-state index in [9.17, 15) is 39.6 Å². The van der Waals surface area contributed by atoms with Crippen LogP contribution in [0.1, 0.15) is 439 Å². The van der Waals surface area contributed by atoms with E-state index in [-0.39, 0.29) is 43.3 Å². The SMILES string of the molecule is CCCCCCCCCCCCCCCCCC(=O)[O-].CCCCCCCCCCCCCCCCCC(=O)[O-].CCCCCCCCCCCCCCCCCC(=O)[O-].CCCCCCCCCCCCCCCCCC(=O)[O-].[Ge+4]. The van der Waals surface area contributed by atoms with E-state index in [1.807, 2.05) is 0 Å². The minimum Gasteiger partial charge on any atom is -0.550 e. The van der Waals surface area contributed by atoms with Crippen LogP contribution in [0.15, 0.2) is 0 Å². The van der Waals surface area contributed by atoms with E-state index in [1.165, 1.54) is 334 Å². The Morgan fingerprint density at radius 2 is 0.235 bits per heavy atom. The van der Waals surface area contributed by atoms with Gasteiger partial charge in [-0.3, -0.25) is 0 Å². The number of hydrogen-bond acceptors (Lipinski definition) is 8. The average molecular weight is 1210 g/mol. The molecule has 0 amide bonds. The monoisotopic (exact) mass is 1210 g/mol. The van der Waals surface area contributed by atoms with E-state index in [4.69, 9.17) is 0 Å². The molecule has 0 saturated carbocycles. The van der Waals surface area contributed by atoms with Crippen LogP contribution in [0.5, 0.6) is 0 Å². The third-order valence-corrected chi connectivity index (χ3v) is 15.9. The molecule has 0 N–H and O–H groups in total. The molecule has 0 radical (unpaired) electrons. The average Bonchev–Trinajstić information content (AvgIpc) is 3.43. The van der Waals surface area contributed by atoms with Crippen molar-refractivity contribution in [1.29, 1.82) is 0 Å². The second-order valence-corrected chi connectivity index (χ2v) is 24.3. The molecule has 8 nitrogen and oxygen atoms in total. The van der Waals surface area contributed by atoms with E-state index in [2.05, 4.69) is 27.7 Å². The maximum atomic E-state index is 10.2. The van der Waals surface area contributed by atoms with Crippen molar-refractivity contribution in [3.05, 3.63) is 0 Å². The Balaban J connectivity index is -0.000000316. The molecule has 0 bridgehead atoms. The molecule has 0 unspecified atom stereocenters. The fraction of sp³-hybridized carbons (Fsp3) is 0.944. The first kappa shape index (κ1) is 88.2. The van der Waals surface area contributed by atoms with E-state index < -0.39 is 23.9 Å². The zero-order chi connectivity index (χ0) is 59.6. The van der Waals surface area contributed by atoms with Crippen molar-refractivity contribution in [2.45, 2.75) is 439 Å². The van der Waals surface area contributed by atoms with Crippen LogP contribution in [0.4, 0.5) is 0 Å². The predicted octanol–water partition coefficient (Wildman–Crippen LogP) is 19.6. The van der Waals surface area contributed by atoms with Crippen molar-refractivity contribution < 1.29 is 39.6 Å². The van der Waals surface area contributed by atoms with Gasteiger partial charge in [-0.05, 0) is 51.4 Å². The Labute approximate surface area is 517 Å². The van der Waals surface area contributed by atoms with Gasteiger partial charge in [-0.1, -0.05) is 387 Å². The third kappa shape index (κ3) is 104. The van der Waals surface area contributed by atoms with Crippen molar-refractivity contribution in [2.24, 2.45) is 0 Å². The maximum Gasteiger partial charge on any atom is 4.00 e. The molecule has 0 fully saturated rings. The zero-order valence-corrected chi connectivity index (χ0v) is 57.1.